The van der Waals surface area contributed by atoms with Crippen LogP contribution in [0.5, 0.6) is 0 Å². The molecule has 0 aliphatic rings. The molecule has 1 unspecified atom stereocenters. The van der Waals surface area contributed by atoms with E-state index in [1.54, 1.807) is 20.9 Å². The quantitative estimate of drug-likeness (QED) is 0.730. The number of hydrogen-bond acceptors (Lipinski definition) is 5. The molecule has 0 N–H and O–H groups in total. The van der Waals surface area contributed by atoms with Crippen molar-refractivity contribution < 1.29 is 18.8 Å². The van der Waals surface area contributed by atoms with Crippen molar-refractivity contribution in [3.8, 4) is 0 Å². The highest BCUT2D eigenvalue weighted by atomic mass is 16.5. The lowest BCUT2D eigenvalue weighted by Crippen LogP contribution is -2.34. The number of methoxy groups -OCH3 is 1. The van der Waals surface area contributed by atoms with E-state index in [2.05, 4.69) is 9.89 Å². The summed E-state index contributed by atoms with van der Waals surface area (Å²) in [6.07, 6.45) is 1.37. The van der Waals surface area contributed by atoms with Gasteiger partial charge in [-0.25, -0.2) is 0 Å². The molecule has 0 aliphatic heterocycles. The minimum absolute atomic E-state index is 0.223. The fraction of sp³-hybridized carbons (Fsp3) is 0.545. The van der Waals surface area contributed by atoms with Crippen LogP contribution in [0.25, 0.3) is 0 Å². The van der Waals surface area contributed by atoms with Gasteiger partial charge in [0.1, 0.15) is 11.3 Å². The average molecular weight is 240 g/mol. The van der Waals surface area contributed by atoms with Crippen LogP contribution in [0.2, 0.25) is 0 Å². The number of rotatable bonds is 4. The fourth-order valence-corrected chi connectivity index (χ4v) is 1.48. The molecule has 0 fully saturated rings. The highest BCUT2D eigenvalue weighted by molar-refractivity contribution is 5.94. The molecule has 0 aromatic carbocycles. The largest absolute Gasteiger partial charge is 0.469 e. The molecule has 1 atom stereocenters. The second kappa shape index (κ2) is 5.47. The van der Waals surface area contributed by atoms with Crippen LogP contribution >= 0.6 is 0 Å². The standard InChI is InChI=1S/C11H16N2O4/c1-7(11(15)16-4)6-13(3)10(14)9-5-12-17-8(9)2/h5,7H,6H2,1-4H3. The van der Waals surface area contributed by atoms with Gasteiger partial charge >= 0.3 is 5.97 Å². The normalized spacial score (nSPS) is 12.0. The molecule has 1 rings (SSSR count). The molecule has 0 bridgehead atoms. The molecule has 0 aliphatic carbocycles. The first-order chi connectivity index (χ1) is 7.97. The van der Waals surface area contributed by atoms with Crippen LogP contribution in [0.15, 0.2) is 10.7 Å². The molecule has 1 heterocycles. The first-order valence-electron chi connectivity index (χ1n) is 5.22. The van der Waals surface area contributed by atoms with Gasteiger partial charge in [-0.15, -0.1) is 0 Å². The molecule has 6 nitrogen and oxygen atoms in total. The highest BCUT2D eigenvalue weighted by Crippen LogP contribution is 2.10. The molecule has 1 aromatic rings. The van der Waals surface area contributed by atoms with Crippen molar-refractivity contribution in [3.05, 3.63) is 17.5 Å². The van der Waals surface area contributed by atoms with Crippen LogP contribution in [0.3, 0.4) is 0 Å². The Morgan fingerprint density at radius 3 is 2.71 bits per heavy atom. The summed E-state index contributed by atoms with van der Waals surface area (Å²) in [6, 6.07) is 0. The van der Waals surface area contributed by atoms with Crippen LogP contribution in [-0.2, 0) is 9.53 Å². The van der Waals surface area contributed by atoms with Crippen molar-refractivity contribution in [3.63, 3.8) is 0 Å². The summed E-state index contributed by atoms with van der Waals surface area (Å²) in [5.74, 6) is -0.465. The van der Waals surface area contributed by atoms with E-state index < -0.39 is 0 Å². The van der Waals surface area contributed by atoms with Crippen molar-refractivity contribution >= 4 is 11.9 Å². The second-order valence-corrected chi connectivity index (χ2v) is 3.91. The Hall–Kier alpha value is -1.85. The third kappa shape index (κ3) is 3.05. The Morgan fingerprint density at radius 1 is 1.59 bits per heavy atom. The van der Waals surface area contributed by atoms with Crippen molar-refractivity contribution in [1.29, 1.82) is 0 Å². The van der Waals surface area contributed by atoms with Gasteiger partial charge in [0.2, 0.25) is 0 Å². The molecule has 17 heavy (non-hydrogen) atoms. The number of carbonyl (C=O) groups excluding carboxylic acids is 2. The molecular formula is C11H16N2O4. The summed E-state index contributed by atoms with van der Waals surface area (Å²) in [5.41, 5.74) is 0.407. The fourth-order valence-electron chi connectivity index (χ4n) is 1.48. The molecule has 0 radical (unpaired) electrons. The molecular weight excluding hydrogens is 224 g/mol. The number of nitrogens with zero attached hydrogens (tertiary/aromatic N) is 2. The molecule has 0 saturated heterocycles. The third-order valence-electron chi connectivity index (χ3n) is 2.48. The van der Waals surface area contributed by atoms with Gasteiger partial charge in [-0.1, -0.05) is 12.1 Å². The first kappa shape index (κ1) is 13.2. The maximum absolute atomic E-state index is 11.9. The van der Waals surface area contributed by atoms with Crippen molar-refractivity contribution in [2.45, 2.75) is 13.8 Å². The molecule has 94 valence electrons. The van der Waals surface area contributed by atoms with Gasteiger partial charge in [0.15, 0.2) is 0 Å². The van der Waals surface area contributed by atoms with Crippen molar-refractivity contribution in [1.82, 2.24) is 10.1 Å². The first-order valence-corrected chi connectivity index (χ1v) is 5.22. The maximum atomic E-state index is 11.9. The molecule has 0 spiro atoms. The van der Waals surface area contributed by atoms with Crippen LogP contribution < -0.4 is 0 Å². The molecule has 1 aromatic heterocycles. The molecule has 1 amide bonds. The average Bonchev–Trinajstić information content (AvgIpc) is 2.73. The Labute approximate surface area is 99.5 Å². The summed E-state index contributed by atoms with van der Waals surface area (Å²) < 4.78 is 9.42. The van der Waals surface area contributed by atoms with Crippen LogP contribution in [0, 0.1) is 12.8 Å². The number of carbonyl (C=O) groups is 2. The Kier molecular flexibility index (Phi) is 4.25. The van der Waals surface area contributed by atoms with E-state index in [1.165, 1.54) is 18.2 Å². The summed E-state index contributed by atoms with van der Waals surface area (Å²) in [4.78, 5) is 24.6. The number of ether oxygens (including phenoxy) is 1. The summed E-state index contributed by atoms with van der Waals surface area (Å²) >= 11 is 0. The summed E-state index contributed by atoms with van der Waals surface area (Å²) in [7, 11) is 2.94. The van der Waals surface area contributed by atoms with E-state index in [9.17, 15) is 9.59 Å². The number of esters is 1. The van der Waals surface area contributed by atoms with E-state index in [1.807, 2.05) is 0 Å². The van der Waals surface area contributed by atoms with Gasteiger partial charge in [0, 0.05) is 13.6 Å². The topological polar surface area (TPSA) is 72.6 Å². The maximum Gasteiger partial charge on any atom is 0.310 e. The predicted octanol–water partition coefficient (Wildman–Crippen LogP) is 0.864. The van der Waals surface area contributed by atoms with Crippen LogP contribution in [0.4, 0.5) is 0 Å². The van der Waals surface area contributed by atoms with Gasteiger partial charge in [0.25, 0.3) is 5.91 Å². The Bertz CT molecular complexity index is 413. The SMILES string of the molecule is COC(=O)C(C)CN(C)C(=O)c1cnoc1C. The minimum atomic E-state index is -0.367. The van der Waals surface area contributed by atoms with Gasteiger partial charge < -0.3 is 14.2 Å². The Balaban J connectivity index is 2.65. The van der Waals surface area contributed by atoms with Crippen LogP contribution in [0.1, 0.15) is 23.0 Å². The zero-order valence-electron chi connectivity index (χ0n) is 10.4. The predicted molar refractivity (Wildman–Crippen MR) is 59.4 cm³/mol. The zero-order chi connectivity index (χ0) is 13.0. The van der Waals surface area contributed by atoms with E-state index in [4.69, 9.17) is 4.52 Å². The summed E-state index contributed by atoms with van der Waals surface area (Å²) in [6.45, 7) is 3.66. The lowest BCUT2D eigenvalue weighted by molar-refractivity contribution is -0.145. The number of hydrogen-bond donors (Lipinski definition) is 0. The molecule has 6 heteroatoms. The lowest BCUT2D eigenvalue weighted by atomic mass is 10.1. The monoisotopic (exact) mass is 240 g/mol. The number of aryl methyl sites for hydroxylation is 1. The zero-order valence-corrected chi connectivity index (χ0v) is 10.4. The number of amides is 1. The minimum Gasteiger partial charge on any atom is -0.469 e. The number of aromatic nitrogens is 1. The van der Waals surface area contributed by atoms with E-state index in [-0.39, 0.29) is 24.3 Å². The van der Waals surface area contributed by atoms with Crippen LogP contribution in [-0.4, -0.2) is 42.6 Å². The highest BCUT2D eigenvalue weighted by Gasteiger charge is 2.22. The van der Waals surface area contributed by atoms with Gasteiger partial charge in [-0.05, 0) is 6.92 Å². The van der Waals surface area contributed by atoms with Crippen molar-refractivity contribution in [2.24, 2.45) is 5.92 Å². The van der Waals surface area contributed by atoms with E-state index in [0.29, 0.717) is 11.3 Å². The smallest absolute Gasteiger partial charge is 0.310 e. The third-order valence-corrected chi connectivity index (χ3v) is 2.48. The summed E-state index contributed by atoms with van der Waals surface area (Å²) in [5, 5.41) is 3.54. The van der Waals surface area contributed by atoms with Gasteiger partial charge in [0.05, 0.1) is 19.2 Å². The van der Waals surface area contributed by atoms with Crippen molar-refractivity contribution in [2.75, 3.05) is 20.7 Å². The van der Waals surface area contributed by atoms with E-state index >= 15 is 0 Å². The second-order valence-electron chi connectivity index (χ2n) is 3.91. The lowest BCUT2D eigenvalue weighted by Gasteiger charge is -2.19. The van der Waals surface area contributed by atoms with Gasteiger partial charge in [-0.3, -0.25) is 9.59 Å². The van der Waals surface area contributed by atoms with Gasteiger partial charge in [-0.2, -0.15) is 0 Å². The van der Waals surface area contributed by atoms with E-state index in [0.717, 1.165) is 0 Å². The molecule has 0 saturated carbocycles. The Morgan fingerprint density at radius 2 is 2.24 bits per heavy atom.